The van der Waals surface area contributed by atoms with Crippen molar-refractivity contribution in [3.05, 3.63) is 0 Å². The lowest BCUT2D eigenvalue weighted by atomic mass is 10.0. The van der Waals surface area contributed by atoms with Crippen molar-refractivity contribution >= 4 is 5.97 Å². The van der Waals surface area contributed by atoms with Gasteiger partial charge in [0.25, 0.3) is 0 Å². The van der Waals surface area contributed by atoms with E-state index < -0.39 is 30.2 Å². The number of carboxylic acid groups (broad SMARTS) is 1. The van der Waals surface area contributed by atoms with Crippen molar-refractivity contribution in [1.29, 1.82) is 0 Å². The molecule has 0 aliphatic heterocycles. The van der Waals surface area contributed by atoms with Crippen molar-refractivity contribution in [3.8, 4) is 0 Å². The lowest BCUT2D eigenvalue weighted by Crippen LogP contribution is -2.53. The first-order chi connectivity index (χ1) is 6.32. The van der Waals surface area contributed by atoms with Gasteiger partial charge in [0, 0.05) is 0 Å². The highest BCUT2D eigenvalue weighted by Crippen LogP contribution is 2.47. The Balaban J connectivity index is 5.38. The average molecular weight is 246 g/mol. The van der Waals surface area contributed by atoms with Crippen molar-refractivity contribution in [1.82, 2.24) is 0 Å². The van der Waals surface area contributed by atoms with Gasteiger partial charge in [-0.3, -0.25) is 4.79 Å². The van der Waals surface area contributed by atoms with Crippen LogP contribution in [0.3, 0.4) is 0 Å². The molecule has 0 rings (SSSR count). The van der Waals surface area contributed by atoms with Gasteiger partial charge in [0.15, 0.2) is 0 Å². The van der Waals surface area contributed by atoms with Crippen LogP contribution in [0, 0.1) is 5.92 Å². The summed E-state index contributed by atoms with van der Waals surface area (Å²) in [5.74, 6) is -14.5. The van der Waals surface area contributed by atoms with Gasteiger partial charge < -0.3 is 5.11 Å². The van der Waals surface area contributed by atoms with Gasteiger partial charge in [-0.1, -0.05) is 0 Å². The maximum absolute atomic E-state index is 12.1. The fourth-order valence-corrected chi connectivity index (χ4v) is 0.664. The molecule has 0 aliphatic rings. The number of hydrogen-bond donors (Lipinski definition) is 1. The van der Waals surface area contributed by atoms with Gasteiger partial charge in [0.2, 0.25) is 5.92 Å². The van der Waals surface area contributed by atoms with Crippen molar-refractivity contribution in [2.75, 3.05) is 0 Å². The molecule has 0 aromatic rings. The molecule has 15 heavy (non-hydrogen) atoms. The number of halogens is 8. The van der Waals surface area contributed by atoms with Crippen LogP contribution in [0.4, 0.5) is 35.1 Å². The molecule has 0 aromatic heterocycles. The lowest BCUT2D eigenvalue weighted by Gasteiger charge is -2.26. The third-order valence-corrected chi connectivity index (χ3v) is 1.31. The normalized spacial score (nSPS) is 16.3. The fraction of sp³-hybridized carbons (Fsp3) is 0.800. The Hall–Kier alpha value is -1.09. The third-order valence-electron chi connectivity index (χ3n) is 1.31. The zero-order valence-corrected chi connectivity index (χ0v) is 6.46. The van der Waals surface area contributed by atoms with E-state index in [1.54, 1.807) is 0 Å². The summed E-state index contributed by atoms with van der Waals surface area (Å²) in [7, 11) is 0. The van der Waals surface area contributed by atoms with E-state index >= 15 is 0 Å². The molecule has 2 nitrogen and oxygen atoms in total. The topological polar surface area (TPSA) is 37.3 Å². The van der Waals surface area contributed by atoms with Crippen LogP contribution in [0.5, 0.6) is 0 Å². The highest BCUT2D eigenvalue weighted by atomic mass is 19.4. The Labute approximate surface area is 76.5 Å². The third kappa shape index (κ3) is 2.69. The second kappa shape index (κ2) is 3.49. The first kappa shape index (κ1) is 13.9. The second-order valence-electron chi connectivity index (χ2n) is 2.43. The predicted octanol–water partition coefficient (Wildman–Crippen LogP) is 2.45. The standard InChI is InChI=1S/C5H2F8O2/c6-3(7,5(11,12)13)1(2(14)15)4(8,9)10/h1H,(H,14,15). The van der Waals surface area contributed by atoms with Crippen molar-refractivity contribution in [2.45, 2.75) is 18.3 Å². The summed E-state index contributed by atoms with van der Waals surface area (Å²) < 4.78 is 93.5. The van der Waals surface area contributed by atoms with Crippen LogP contribution in [0.25, 0.3) is 0 Å². The van der Waals surface area contributed by atoms with E-state index in [4.69, 9.17) is 5.11 Å². The molecule has 0 amide bonds. The van der Waals surface area contributed by atoms with Crippen LogP contribution in [-0.4, -0.2) is 29.4 Å². The maximum atomic E-state index is 12.1. The van der Waals surface area contributed by atoms with E-state index in [1.807, 2.05) is 0 Å². The molecular formula is C5H2F8O2. The van der Waals surface area contributed by atoms with Gasteiger partial charge in [-0.2, -0.15) is 35.1 Å². The SMILES string of the molecule is O=C(O)C(C(F)(F)F)C(F)(F)C(F)(F)F. The molecule has 0 aliphatic carbocycles. The fourth-order valence-electron chi connectivity index (χ4n) is 0.664. The quantitative estimate of drug-likeness (QED) is 0.760. The smallest absolute Gasteiger partial charge is 0.454 e. The highest BCUT2D eigenvalue weighted by Gasteiger charge is 2.72. The molecule has 0 saturated carbocycles. The number of carboxylic acids is 1. The Morgan fingerprint density at radius 1 is 0.933 bits per heavy atom. The van der Waals surface area contributed by atoms with E-state index in [0.29, 0.717) is 0 Å². The lowest BCUT2D eigenvalue weighted by molar-refractivity contribution is -0.339. The van der Waals surface area contributed by atoms with Crippen LogP contribution < -0.4 is 0 Å². The summed E-state index contributed by atoms with van der Waals surface area (Å²) >= 11 is 0. The van der Waals surface area contributed by atoms with E-state index in [2.05, 4.69) is 0 Å². The molecule has 0 fully saturated rings. The van der Waals surface area contributed by atoms with Gasteiger partial charge in [-0.15, -0.1) is 0 Å². The molecular weight excluding hydrogens is 244 g/mol. The first-order valence-corrected chi connectivity index (χ1v) is 3.06. The van der Waals surface area contributed by atoms with Crippen LogP contribution in [0.15, 0.2) is 0 Å². The summed E-state index contributed by atoms with van der Waals surface area (Å²) in [5, 5.41) is 7.71. The molecule has 0 aromatic carbocycles. The molecule has 0 radical (unpaired) electrons. The Kier molecular flexibility index (Phi) is 3.24. The molecule has 1 unspecified atom stereocenters. The van der Waals surface area contributed by atoms with Crippen molar-refractivity contribution < 1.29 is 45.0 Å². The Morgan fingerprint density at radius 2 is 1.27 bits per heavy atom. The van der Waals surface area contributed by atoms with E-state index in [0.717, 1.165) is 0 Å². The van der Waals surface area contributed by atoms with Gasteiger partial charge >= 0.3 is 24.2 Å². The summed E-state index contributed by atoms with van der Waals surface area (Å²) in [6, 6.07) is 0. The Morgan fingerprint density at radius 3 is 1.33 bits per heavy atom. The Bertz CT molecular complexity index is 251. The minimum atomic E-state index is -6.58. The minimum absolute atomic E-state index is 3.29. The van der Waals surface area contributed by atoms with Gasteiger partial charge in [0.05, 0.1) is 0 Å². The van der Waals surface area contributed by atoms with Crippen molar-refractivity contribution in [2.24, 2.45) is 5.92 Å². The van der Waals surface area contributed by atoms with Crippen LogP contribution >= 0.6 is 0 Å². The zero-order chi connectivity index (χ0) is 12.7. The number of alkyl halides is 8. The largest absolute Gasteiger partial charge is 0.481 e. The van der Waals surface area contributed by atoms with Gasteiger partial charge in [-0.25, -0.2) is 0 Å². The summed E-state index contributed by atoms with van der Waals surface area (Å²) in [4.78, 5) is 9.74. The molecule has 0 bridgehead atoms. The number of rotatable bonds is 2. The number of hydrogen-bond acceptors (Lipinski definition) is 1. The van der Waals surface area contributed by atoms with E-state index in [-0.39, 0.29) is 0 Å². The second-order valence-corrected chi connectivity index (χ2v) is 2.43. The van der Waals surface area contributed by atoms with Gasteiger partial charge in [0.1, 0.15) is 0 Å². The van der Waals surface area contributed by atoms with E-state index in [9.17, 15) is 39.9 Å². The maximum Gasteiger partial charge on any atom is 0.454 e. The highest BCUT2D eigenvalue weighted by molar-refractivity contribution is 5.72. The van der Waals surface area contributed by atoms with Crippen molar-refractivity contribution in [3.63, 3.8) is 0 Å². The number of aliphatic carboxylic acids is 1. The van der Waals surface area contributed by atoms with Crippen LogP contribution in [-0.2, 0) is 4.79 Å². The first-order valence-electron chi connectivity index (χ1n) is 3.06. The molecule has 0 spiro atoms. The summed E-state index contributed by atoms with van der Waals surface area (Å²) in [6.45, 7) is 0. The molecule has 0 saturated heterocycles. The summed E-state index contributed by atoms with van der Waals surface area (Å²) in [5.41, 5.74) is 0. The monoisotopic (exact) mass is 246 g/mol. The minimum Gasteiger partial charge on any atom is -0.481 e. The van der Waals surface area contributed by atoms with Gasteiger partial charge in [-0.05, 0) is 0 Å². The molecule has 90 valence electrons. The molecule has 10 heteroatoms. The van der Waals surface area contributed by atoms with Crippen LogP contribution in [0.2, 0.25) is 0 Å². The summed E-state index contributed by atoms with van der Waals surface area (Å²) in [6.07, 6.45) is -12.8. The molecule has 1 atom stereocenters. The zero-order valence-electron chi connectivity index (χ0n) is 6.46. The van der Waals surface area contributed by atoms with Crippen LogP contribution in [0.1, 0.15) is 0 Å². The van der Waals surface area contributed by atoms with E-state index in [1.165, 1.54) is 0 Å². The molecule has 0 heterocycles. The predicted molar refractivity (Wildman–Crippen MR) is 28.2 cm³/mol. The number of carbonyl (C=O) groups is 1. The molecule has 1 N–H and O–H groups in total. The average Bonchev–Trinajstić information content (AvgIpc) is 1.76.